The van der Waals surface area contributed by atoms with Gasteiger partial charge < -0.3 is 15.6 Å². The topological polar surface area (TPSA) is 72.5 Å². The van der Waals surface area contributed by atoms with E-state index in [1.807, 2.05) is 0 Å². The lowest BCUT2D eigenvalue weighted by molar-refractivity contribution is -0.142. The van der Waals surface area contributed by atoms with Crippen LogP contribution in [0.1, 0.15) is 18.9 Å². The Morgan fingerprint density at radius 3 is 2.44 bits per heavy atom. The molecule has 100 valence electrons. The van der Waals surface area contributed by atoms with Gasteiger partial charge in [0.2, 0.25) is 0 Å². The SMILES string of the molecule is CC(N)(CCc1ccc(OC(F)F)cc1)C(=O)O. The number of rotatable bonds is 6. The average Bonchev–Trinajstić information content (AvgIpc) is 2.27. The van der Waals surface area contributed by atoms with Gasteiger partial charge in [0.15, 0.2) is 0 Å². The van der Waals surface area contributed by atoms with Crippen molar-refractivity contribution < 1.29 is 23.4 Å². The zero-order valence-electron chi connectivity index (χ0n) is 9.90. The molecular formula is C12H15F2NO3. The number of carboxylic acid groups (broad SMARTS) is 1. The van der Waals surface area contributed by atoms with E-state index < -0.39 is 18.1 Å². The van der Waals surface area contributed by atoms with Crippen LogP contribution < -0.4 is 10.5 Å². The number of ether oxygens (including phenoxy) is 1. The Labute approximate surface area is 103 Å². The summed E-state index contributed by atoms with van der Waals surface area (Å²) in [5.41, 5.74) is 5.10. The molecule has 0 aliphatic carbocycles. The maximum absolute atomic E-state index is 11.9. The standard InChI is InChI=1S/C12H15F2NO3/c1-12(15,10(16)17)7-6-8-2-4-9(5-3-8)18-11(13)14/h2-5,11H,6-7,15H2,1H3,(H,16,17). The van der Waals surface area contributed by atoms with Crippen molar-refractivity contribution in [3.8, 4) is 5.75 Å². The molecule has 0 amide bonds. The zero-order chi connectivity index (χ0) is 13.8. The Morgan fingerprint density at radius 1 is 1.44 bits per heavy atom. The molecule has 0 saturated carbocycles. The smallest absolute Gasteiger partial charge is 0.387 e. The van der Waals surface area contributed by atoms with Crippen LogP contribution in [0, 0.1) is 0 Å². The van der Waals surface area contributed by atoms with Crippen LogP contribution in [-0.4, -0.2) is 23.2 Å². The van der Waals surface area contributed by atoms with E-state index in [0.717, 1.165) is 5.56 Å². The van der Waals surface area contributed by atoms with E-state index in [-0.39, 0.29) is 12.2 Å². The van der Waals surface area contributed by atoms with Crippen molar-refractivity contribution in [2.75, 3.05) is 0 Å². The monoisotopic (exact) mass is 259 g/mol. The van der Waals surface area contributed by atoms with Crippen molar-refractivity contribution in [2.24, 2.45) is 5.73 Å². The minimum atomic E-state index is -2.85. The summed E-state index contributed by atoms with van der Waals surface area (Å²) in [5, 5.41) is 8.83. The van der Waals surface area contributed by atoms with Crippen LogP contribution >= 0.6 is 0 Å². The molecular weight excluding hydrogens is 244 g/mol. The normalized spacial score (nSPS) is 14.3. The Balaban J connectivity index is 2.57. The number of carbonyl (C=O) groups is 1. The summed E-state index contributed by atoms with van der Waals surface area (Å²) in [6.45, 7) is -1.42. The van der Waals surface area contributed by atoms with E-state index in [9.17, 15) is 13.6 Å². The van der Waals surface area contributed by atoms with Crippen molar-refractivity contribution in [1.29, 1.82) is 0 Å². The van der Waals surface area contributed by atoms with Crippen LogP contribution in [0.4, 0.5) is 8.78 Å². The van der Waals surface area contributed by atoms with Crippen molar-refractivity contribution >= 4 is 5.97 Å². The summed E-state index contributed by atoms with van der Waals surface area (Å²) in [7, 11) is 0. The largest absolute Gasteiger partial charge is 0.480 e. The highest BCUT2D eigenvalue weighted by Crippen LogP contribution is 2.17. The summed E-state index contributed by atoms with van der Waals surface area (Å²) >= 11 is 0. The number of hydrogen-bond acceptors (Lipinski definition) is 3. The molecule has 0 fully saturated rings. The number of aryl methyl sites for hydroxylation is 1. The van der Waals surface area contributed by atoms with Gasteiger partial charge in [0.05, 0.1) is 0 Å². The van der Waals surface area contributed by atoms with Gasteiger partial charge in [-0.25, -0.2) is 0 Å². The van der Waals surface area contributed by atoms with Gasteiger partial charge in [-0.15, -0.1) is 0 Å². The summed E-state index contributed by atoms with van der Waals surface area (Å²) in [6.07, 6.45) is 0.714. The highest BCUT2D eigenvalue weighted by molar-refractivity contribution is 5.77. The Bertz CT molecular complexity index is 404. The Morgan fingerprint density at radius 2 is 2.00 bits per heavy atom. The molecule has 0 radical (unpaired) electrons. The van der Waals surface area contributed by atoms with E-state index in [0.29, 0.717) is 6.42 Å². The zero-order valence-corrected chi connectivity index (χ0v) is 9.90. The second-order valence-electron chi connectivity index (χ2n) is 4.25. The lowest BCUT2D eigenvalue weighted by atomic mass is 9.94. The molecule has 18 heavy (non-hydrogen) atoms. The average molecular weight is 259 g/mol. The van der Waals surface area contributed by atoms with Gasteiger partial charge in [-0.05, 0) is 37.5 Å². The molecule has 0 saturated heterocycles. The quantitative estimate of drug-likeness (QED) is 0.819. The lowest BCUT2D eigenvalue weighted by Gasteiger charge is -2.18. The number of halogens is 2. The molecule has 0 heterocycles. The van der Waals surface area contributed by atoms with E-state index in [1.165, 1.54) is 19.1 Å². The number of hydrogen-bond donors (Lipinski definition) is 2. The van der Waals surface area contributed by atoms with Crippen LogP contribution in [-0.2, 0) is 11.2 Å². The molecule has 0 aliphatic rings. The molecule has 1 aromatic rings. The first kappa shape index (κ1) is 14.4. The molecule has 3 N–H and O–H groups in total. The van der Waals surface area contributed by atoms with Crippen molar-refractivity contribution in [2.45, 2.75) is 31.9 Å². The molecule has 0 bridgehead atoms. The highest BCUT2D eigenvalue weighted by atomic mass is 19.3. The van der Waals surface area contributed by atoms with Crippen molar-refractivity contribution in [3.63, 3.8) is 0 Å². The molecule has 1 atom stereocenters. The maximum atomic E-state index is 11.9. The van der Waals surface area contributed by atoms with E-state index in [2.05, 4.69) is 4.74 Å². The fraction of sp³-hybridized carbons (Fsp3) is 0.417. The first-order valence-electron chi connectivity index (χ1n) is 5.37. The summed E-state index contributed by atoms with van der Waals surface area (Å²) < 4.78 is 28.0. The molecule has 0 aliphatic heterocycles. The van der Waals surface area contributed by atoms with E-state index in [4.69, 9.17) is 10.8 Å². The van der Waals surface area contributed by atoms with Crippen LogP contribution in [0.2, 0.25) is 0 Å². The third kappa shape index (κ3) is 4.29. The number of aliphatic carboxylic acids is 1. The lowest BCUT2D eigenvalue weighted by Crippen LogP contribution is -2.45. The van der Waals surface area contributed by atoms with Crippen LogP contribution in [0.5, 0.6) is 5.75 Å². The number of carboxylic acids is 1. The van der Waals surface area contributed by atoms with Crippen LogP contribution in [0.25, 0.3) is 0 Å². The van der Waals surface area contributed by atoms with Gasteiger partial charge in [0.1, 0.15) is 11.3 Å². The fourth-order valence-corrected chi connectivity index (χ4v) is 1.35. The number of nitrogens with two attached hydrogens (primary N) is 1. The van der Waals surface area contributed by atoms with Gasteiger partial charge in [0.25, 0.3) is 0 Å². The maximum Gasteiger partial charge on any atom is 0.387 e. The predicted octanol–water partition coefficient (Wildman–Crippen LogP) is 2.02. The predicted molar refractivity (Wildman–Crippen MR) is 61.6 cm³/mol. The number of benzene rings is 1. The molecule has 1 rings (SSSR count). The minimum absolute atomic E-state index is 0.0718. The molecule has 0 spiro atoms. The molecule has 4 nitrogen and oxygen atoms in total. The van der Waals surface area contributed by atoms with Crippen molar-refractivity contribution in [1.82, 2.24) is 0 Å². The van der Waals surface area contributed by atoms with Gasteiger partial charge in [-0.2, -0.15) is 8.78 Å². The molecule has 1 aromatic carbocycles. The Kier molecular flexibility index (Phi) is 4.61. The van der Waals surface area contributed by atoms with Gasteiger partial charge >= 0.3 is 12.6 Å². The van der Waals surface area contributed by atoms with Crippen molar-refractivity contribution in [3.05, 3.63) is 29.8 Å². The van der Waals surface area contributed by atoms with Gasteiger partial charge in [0, 0.05) is 0 Å². The number of alkyl halides is 2. The first-order chi connectivity index (χ1) is 8.31. The second-order valence-corrected chi connectivity index (χ2v) is 4.25. The van der Waals surface area contributed by atoms with Gasteiger partial charge in [-0.3, -0.25) is 4.79 Å². The summed E-state index contributed by atoms with van der Waals surface area (Å²) in [6, 6.07) is 6.04. The van der Waals surface area contributed by atoms with Crippen LogP contribution in [0.3, 0.4) is 0 Å². The fourth-order valence-electron chi connectivity index (χ4n) is 1.35. The third-order valence-corrected chi connectivity index (χ3v) is 2.57. The summed E-state index contributed by atoms with van der Waals surface area (Å²) in [4.78, 5) is 10.8. The van der Waals surface area contributed by atoms with Gasteiger partial charge in [-0.1, -0.05) is 12.1 Å². The van der Waals surface area contributed by atoms with E-state index >= 15 is 0 Å². The molecule has 1 unspecified atom stereocenters. The van der Waals surface area contributed by atoms with E-state index in [1.54, 1.807) is 12.1 Å². The second kappa shape index (κ2) is 5.77. The molecule has 0 aromatic heterocycles. The Hall–Kier alpha value is -1.69. The summed E-state index contributed by atoms with van der Waals surface area (Å²) in [5.74, 6) is -0.998. The third-order valence-electron chi connectivity index (χ3n) is 2.57. The minimum Gasteiger partial charge on any atom is -0.480 e. The highest BCUT2D eigenvalue weighted by Gasteiger charge is 2.27. The first-order valence-corrected chi connectivity index (χ1v) is 5.37. The molecule has 6 heteroatoms. The van der Waals surface area contributed by atoms with Crippen LogP contribution in [0.15, 0.2) is 24.3 Å².